The molecule has 0 aromatic carbocycles. The molecule has 2 heterocycles. The lowest BCUT2D eigenvalue weighted by Crippen LogP contribution is -2.25. The lowest BCUT2D eigenvalue weighted by Gasteiger charge is -2.03. The van der Waals surface area contributed by atoms with Crippen molar-refractivity contribution in [1.82, 2.24) is 5.32 Å². The van der Waals surface area contributed by atoms with Gasteiger partial charge in [0.25, 0.3) is 0 Å². The van der Waals surface area contributed by atoms with Crippen molar-refractivity contribution in [2.75, 3.05) is 6.54 Å². The maximum atomic E-state index is 5.36. The van der Waals surface area contributed by atoms with Crippen LogP contribution in [0.5, 0.6) is 0 Å². The Bertz CT molecular complexity index is 66.1. The van der Waals surface area contributed by atoms with Gasteiger partial charge in [-0.05, 0) is 12.8 Å². The lowest BCUT2D eigenvalue weighted by atomic mass is 10.2. The zero-order chi connectivity index (χ0) is 4.69. The Morgan fingerprint density at radius 3 is 2.57 bits per heavy atom. The molecule has 2 heteroatoms. The third-order valence-corrected chi connectivity index (χ3v) is 1.68. The van der Waals surface area contributed by atoms with Crippen molar-refractivity contribution in [1.29, 1.82) is 0 Å². The predicted molar refractivity (Wildman–Crippen MR) is 25.9 cm³/mol. The normalized spacial score (nSPS) is 48.0. The third kappa shape index (κ3) is 0.469. The summed E-state index contributed by atoms with van der Waals surface area (Å²) in [5.41, 5.74) is 0. The van der Waals surface area contributed by atoms with Gasteiger partial charge in [0, 0.05) is 6.54 Å². The highest BCUT2D eigenvalue weighted by Gasteiger charge is 2.31. The molecule has 2 fully saturated rings. The van der Waals surface area contributed by atoms with Gasteiger partial charge in [-0.2, -0.15) is 0 Å². The van der Waals surface area contributed by atoms with E-state index in [4.69, 9.17) is 4.74 Å². The van der Waals surface area contributed by atoms with Crippen LogP contribution in [0.25, 0.3) is 0 Å². The first-order chi connectivity index (χ1) is 3.45. The highest BCUT2D eigenvalue weighted by molar-refractivity contribution is 4.81. The summed E-state index contributed by atoms with van der Waals surface area (Å²) in [6.45, 7) is 1.09. The molecule has 2 nitrogen and oxygen atoms in total. The van der Waals surface area contributed by atoms with Crippen LogP contribution in [0.4, 0.5) is 0 Å². The van der Waals surface area contributed by atoms with Crippen molar-refractivity contribution < 1.29 is 4.74 Å². The minimum Gasteiger partial charge on any atom is -0.359 e. The number of fused-ring (bicyclic) bond motifs is 2. The Morgan fingerprint density at radius 2 is 2.43 bits per heavy atom. The van der Waals surface area contributed by atoms with E-state index in [0.717, 1.165) is 6.54 Å². The summed E-state index contributed by atoms with van der Waals surface area (Å²) in [6, 6.07) is 0. The molecule has 2 bridgehead atoms. The number of ether oxygens (including phenoxy) is 1. The number of rotatable bonds is 0. The summed E-state index contributed by atoms with van der Waals surface area (Å²) in [4.78, 5) is 0. The van der Waals surface area contributed by atoms with Gasteiger partial charge in [-0.15, -0.1) is 0 Å². The molecule has 0 aromatic rings. The molecule has 0 aromatic heterocycles. The number of piperidine rings is 1. The molecule has 2 saturated heterocycles. The second kappa shape index (κ2) is 1.20. The standard InChI is InChI=1S/C5H9NO/c1-2-5-6-3-4(1)7-5/h4-6H,1-3H2. The van der Waals surface area contributed by atoms with E-state index in [-0.39, 0.29) is 0 Å². The van der Waals surface area contributed by atoms with Crippen molar-refractivity contribution in [3.05, 3.63) is 0 Å². The Kier molecular flexibility index (Phi) is 0.664. The highest BCUT2D eigenvalue weighted by atomic mass is 16.5. The topological polar surface area (TPSA) is 21.3 Å². The molecule has 2 unspecified atom stereocenters. The first kappa shape index (κ1) is 3.87. The highest BCUT2D eigenvalue weighted by Crippen LogP contribution is 2.22. The fourth-order valence-corrected chi connectivity index (χ4v) is 1.27. The molecule has 7 heavy (non-hydrogen) atoms. The molecule has 2 atom stereocenters. The average molecular weight is 99.1 g/mol. The van der Waals surface area contributed by atoms with E-state index in [9.17, 15) is 0 Å². The fraction of sp³-hybridized carbons (Fsp3) is 1.00. The van der Waals surface area contributed by atoms with Crippen LogP contribution in [0.15, 0.2) is 0 Å². The molecule has 0 spiro atoms. The quantitative estimate of drug-likeness (QED) is 0.465. The summed E-state index contributed by atoms with van der Waals surface area (Å²) < 4.78 is 5.36. The van der Waals surface area contributed by atoms with E-state index in [1.165, 1.54) is 12.8 Å². The molecule has 40 valence electrons. The van der Waals surface area contributed by atoms with Crippen LogP contribution < -0.4 is 5.32 Å². The zero-order valence-electron chi connectivity index (χ0n) is 4.18. The van der Waals surface area contributed by atoms with E-state index in [1.54, 1.807) is 0 Å². The Morgan fingerprint density at radius 1 is 1.43 bits per heavy atom. The Labute approximate surface area is 42.9 Å². The molecule has 2 rings (SSSR count). The van der Waals surface area contributed by atoms with E-state index in [1.807, 2.05) is 0 Å². The maximum absolute atomic E-state index is 5.36. The summed E-state index contributed by atoms with van der Waals surface area (Å²) in [5, 5.41) is 3.23. The van der Waals surface area contributed by atoms with Gasteiger partial charge in [-0.1, -0.05) is 0 Å². The van der Waals surface area contributed by atoms with E-state index < -0.39 is 0 Å². The first-order valence-electron chi connectivity index (χ1n) is 2.84. The lowest BCUT2D eigenvalue weighted by molar-refractivity contribution is 0.101. The summed E-state index contributed by atoms with van der Waals surface area (Å²) >= 11 is 0. The molecule has 0 aliphatic carbocycles. The van der Waals surface area contributed by atoms with Crippen LogP contribution in [0.3, 0.4) is 0 Å². The molecule has 2 aliphatic rings. The SMILES string of the molecule is C1CC2NCC1O2. The molecule has 1 N–H and O–H groups in total. The van der Waals surface area contributed by atoms with Gasteiger partial charge in [-0.3, -0.25) is 5.32 Å². The third-order valence-electron chi connectivity index (χ3n) is 1.68. The van der Waals surface area contributed by atoms with E-state index in [2.05, 4.69) is 5.32 Å². The van der Waals surface area contributed by atoms with Crippen molar-refractivity contribution in [3.63, 3.8) is 0 Å². The second-order valence-electron chi connectivity index (χ2n) is 2.23. The van der Waals surface area contributed by atoms with Gasteiger partial charge >= 0.3 is 0 Å². The van der Waals surface area contributed by atoms with Gasteiger partial charge in [0.05, 0.1) is 6.10 Å². The van der Waals surface area contributed by atoms with E-state index >= 15 is 0 Å². The van der Waals surface area contributed by atoms with Crippen molar-refractivity contribution >= 4 is 0 Å². The van der Waals surface area contributed by atoms with Crippen LogP contribution >= 0.6 is 0 Å². The molecule has 2 aliphatic heterocycles. The van der Waals surface area contributed by atoms with Gasteiger partial charge in [0.1, 0.15) is 6.23 Å². The minimum atomic E-state index is 0.421. The maximum Gasteiger partial charge on any atom is 0.108 e. The Balaban J connectivity index is 2.12. The van der Waals surface area contributed by atoms with Crippen LogP contribution in [-0.4, -0.2) is 18.9 Å². The number of hydrogen-bond acceptors (Lipinski definition) is 2. The second-order valence-corrected chi connectivity index (χ2v) is 2.23. The van der Waals surface area contributed by atoms with Crippen LogP contribution in [0.2, 0.25) is 0 Å². The minimum absolute atomic E-state index is 0.421. The smallest absolute Gasteiger partial charge is 0.108 e. The number of nitrogens with one attached hydrogen (secondary N) is 1. The molecule has 0 saturated carbocycles. The monoisotopic (exact) mass is 99.1 g/mol. The van der Waals surface area contributed by atoms with Gasteiger partial charge in [0.15, 0.2) is 0 Å². The van der Waals surface area contributed by atoms with Crippen LogP contribution in [-0.2, 0) is 4.74 Å². The van der Waals surface area contributed by atoms with Crippen molar-refractivity contribution in [2.24, 2.45) is 0 Å². The summed E-state index contributed by atoms with van der Waals surface area (Å²) in [7, 11) is 0. The number of hydrogen-bond donors (Lipinski definition) is 1. The predicted octanol–water partition coefficient (Wildman–Crippen LogP) is 0.0947. The first-order valence-corrected chi connectivity index (χ1v) is 2.84. The van der Waals surface area contributed by atoms with Crippen LogP contribution in [0.1, 0.15) is 12.8 Å². The van der Waals surface area contributed by atoms with E-state index in [0.29, 0.717) is 12.3 Å². The van der Waals surface area contributed by atoms with Gasteiger partial charge in [0.2, 0.25) is 0 Å². The zero-order valence-corrected chi connectivity index (χ0v) is 4.18. The van der Waals surface area contributed by atoms with Gasteiger partial charge in [-0.25, -0.2) is 0 Å². The average Bonchev–Trinajstić information content (AvgIpc) is 2.22. The molecule has 0 radical (unpaired) electrons. The van der Waals surface area contributed by atoms with Crippen molar-refractivity contribution in [2.45, 2.75) is 25.2 Å². The molecular weight excluding hydrogens is 90.1 g/mol. The molecular formula is C5H9NO. The largest absolute Gasteiger partial charge is 0.359 e. The Hall–Kier alpha value is -0.0800. The fourth-order valence-electron chi connectivity index (χ4n) is 1.27. The molecule has 0 amide bonds. The van der Waals surface area contributed by atoms with Crippen molar-refractivity contribution in [3.8, 4) is 0 Å². The summed E-state index contributed by atoms with van der Waals surface area (Å²) in [6.07, 6.45) is 3.48. The van der Waals surface area contributed by atoms with Crippen LogP contribution in [0, 0.1) is 0 Å². The summed E-state index contributed by atoms with van der Waals surface area (Å²) in [5.74, 6) is 0. The van der Waals surface area contributed by atoms with Gasteiger partial charge < -0.3 is 4.74 Å².